The Kier molecular flexibility index (Phi) is 4.90. The summed E-state index contributed by atoms with van der Waals surface area (Å²) in [5.74, 6) is 2.71. The summed E-state index contributed by atoms with van der Waals surface area (Å²) in [6.45, 7) is 2.36. The van der Waals surface area contributed by atoms with Crippen LogP contribution in [0.2, 0.25) is 0 Å². The quantitative estimate of drug-likeness (QED) is 0.876. The van der Waals surface area contributed by atoms with Crippen LogP contribution < -0.4 is 10.1 Å². The fourth-order valence-electron chi connectivity index (χ4n) is 2.93. The second-order valence-corrected chi connectivity index (χ2v) is 5.79. The molecule has 0 radical (unpaired) electrons. The van der Waals surface area contributed by atoms with Gasteiger partial charge >= 0.3 is 0 Å². The van der Waals surface area contributed by atoms with Gasteiger partial charge in [0.15, 0.2) is 0 Å². The van der Waals surface area contributed by atoms with Gasteiger partial charge in [-0.3, -0.25) is 0 Å². The van der Waals surface area contributed by atoms with Gasteiger partial charge in [-0.2, -0.15) is 0 Å². The number of hydrogen-bond acceptors (Lipinski definition) is 2. The molecule has 21 heavy (non-hydrogen) atoms. The van der Waals surface area contributed by atoms with Gasteiger partial charge < -0.3 is 10.1 Å². The standard InChI is InChI=1S/C19H23NO/c1-2-6-18(7-3-1)21-19-8-4-5-17(15-19)10-9-16-11-13-20-14-12-16/h1-8,15-16,20H,9-14H2. The summed E-state index contributed by atoms with van der Waals surface area (Å²) in [6, 6.07) is 18.5. The molecule has 0 bridgehead atoms. The van der Waals surface area contributed by atoms with Crippen molar-refractivity contribution in [1.29, 1.82) is 0 Å². The first kappa shape index (κ1) is 14.2. The Balaban J connectivity index is 1.57. The topological polar surface area (TPSA) is 21.3 Å². The van der Waals surface area contributed by atoms with E-state index in [0.717, 1.165) is 23.8 Å². The predicted octanol–water partition coefficient (Wildman–Crippen LogP) is 4.41. The molecule has 110 valence electrons. The Morgan fingerprint density at radius 2 is 1.67 bits per heavy atom. The molecule has 1 aliphatic rings. The van der Waals surface area contributed by atoms with E-state index >= 15 is 0 Å². The highest BCUT2D eigenvalue weighted by Gasteiger charge is 2.12. The number of para-hydroxylation sites is 1. The van der Waals surface area contributed by atoms with Gasteiger partial charge in [0.05, 0.1) is 0 Å². The summed E-state index contributed by atoms with van der Waals surface area (Å²) in [5.41, 5.74) is 1.38. The molecule has 2 aromatic carbocycles. The number of benzene rings is 2. The third kappa shape index (κ3) is 4.33. The molecule has 0 atom stereocenters. The van der Waals surface area contributed by atoms with E-state index in [1.54, 1.807) is 0 Å². The van der Waals surface area contributed by atoms with Crippen LogP contribution in [0.25, 0.3) is 0 Å². The Labute approximate surface area is 127 Å². The van der Waals surface area contributed by atoms with Gasteiger partial charge in [0.25, 0.3) is 0 Å². The van der Waals surface area contributed by atoms with E-state index in [-0.39, 0.29) is 0 Å². The summed E-state index contributed by atoms with van der Waals surface area (Å²) in [5, 5.41) is 3.43. The smallest absolute Gasteiger partial charge is 0.127 e. The average Bonchev–Trinajstić information content (AvgIpc) is 2.55. The summed E-state index contributed by atoms with van der Waals surface area (Å²) in [7, 11) is 0. The number of aryl methyl sites for hydroxylation is 1. The predicted molar refractivity (Wildman–Crippen MR) is 86.9 cm³/mol. The lowest BCUT2D eigenvalue weighted by molar-refractivity contribution is 0.354. The van der Waals surface area contributed by atoms with E-state index in [4.69, 9.17) is 4.74 Å². The Morgan fingerprint density at radius 1 is 0.905 bits per heavy atom. The van der Waals surface area contributed by atoms with Crippen molar-refractivity contribution in [2.75, 3.05) is 13.1 Å². The molecule has 1 aliphatic heterocycles. The zero-order valence-corrected chi connectivity index (χ0v) is 12.4. The molecule has 3 rings (SSSR count). The third-order valence-electron chi connectivity index (χ3n) is 4.18. The second-order valence-electron chi connectivity index (χ2n) is 5.79. The molecular weight excluding hydrogens is 258 g/mol. The lowest BCUT2D eigenvalue weighted by Crippen LogP contribution is -2.27. The first-order valence-electron chi connectivity index (χ1n) is 7.93. The number of hydrogen-bond donors (Lipinski definition) is 1. The zero-order chi connectivity index (χ0) is 14.3. The lowest BCUT2D eigenvalue weighted by Gasteiger charge is -2.22. The van der Waals surface area contributed by atoms with Crippen LogP contribution in [0.3, 0.4) is 0 Å². The van der Waals surface area contributed by atoms with Crippen molar-refractivity contribution in [3.8, 4) is 11.5 Å². The molecule has 0 aliphatic carbocycles. The van der Waals surface area contributed by atoms with Gasteiger partial charge in [-0.15, -0.1) is 0 Å². The molecule has 0 spiro atoms. The minimum atomic E-state index is 0.880. The molecule has 2 heteroatoms. The maximum atomic E-state index is 5.90. The molecular formula is C19H23NO. The molecule has 1 heterocycles. The SMILES string of the molecule is c1ccc(Oc2cccc(CCC3CCNCC3)c2)cc1. The fraction of sp³-hybridized carbons (Fsp3) is 0.368. The van der Waals surface area contributed by atoms with Gasteiger partial charge in [-0.25, -0.2) is 0 Å². The van der Waals surface area contributed by atoms with Crippen molar-refractivity contribution in [3.63, 3.8) is 0 Å². The Hall–Kier alpha value is -1.80. The first-order chi connectivity index (χ1) is 10.4. The van der Waals surface area contributed by atoms with Crippen LogP contribution in [-0.2, 0) is 6.42 Å². The van der Waals surface area contributed by atoms with Crippen LogP contribution in [0.15, 0.2) is 54.6 Å². The van der Waals surface area contributed by atoms with Crippen LogP contribution >= 0.6 is 0 Å². The minimum Gasteiger partial charge on any atom is -0.457 e. The van der Waals surface area contributed by atoms with Crippen LogP contribution in [0, 0.1) is 5.92 Å². The minimum absolute atomic E-state index is 0.880. The largest absolute Gasteiger partial charge is 0.457 e. The van der Waals surface area contributed by atoms with E-state index < -0.39 is 0 Å². The molecule has 0 saturated carbocycles. The van der Waals surface area contributed by atoms with Crippen molar-refractivity contribution in [2.24, 2.45) is 5.92 Å². The molecule has 0 unspecified atom stereocenters. The van der Waals surface area contributed by atoms with Crippen LogP contribution in [0.1, 0.15) is 24.8 Å². The number of ether oxygens (including phenoxy) is 1. The van der Waals surface area contributed by atoms with E-state index in [1.807, 2.05) is 36.4 Å². The molecule has 2 aromatic rings. The second kappa shape index (κ2) is 7.28. The van der Waals surface area contributed by atoms with Crippen LogP contribution in [0.4, 0.5) is 0 Å². The van der Waals surface area contributed by atoms with Crippen molar-refractivity contribution < 1.29 is 4.74 Å². The van der Waals surface area contributed by atoms with E-state index in [0.29, 0.717) is 0 Å². The molecule has 1 saturated heterocycles. The molecule has 0 amide bonds. The highest BCUT2D eigenvalue weighted by Crippen LogP contribution is 2.24. The fourth-order valence-corrected chi connectivity index (χ4v) is 2.93. The summed E-state index contributed by atoms with van der Waals surface area (Å²) >= 11 is 0. The number of nitrogens with one attached hydrogen (secondary N) is 1. The average molecular weight is 281 g/mol. The van der Waals surface area contributed by atoms with Gasteiger partial charge in [0, 0.05) is 0 Å². The maximum absolute atomic E-state index is 5.90. The third-order valence-corrected chi connectivity index (χ3v) is 4.18. The van der Waals surface area contributed by atoms with E-state index in [1.165, 1.54) is 37.9 Å². The highest BCUT2D eigenvalue weighted by molar-refractivity contribution is 5.33. The molecule has 1 N–H and O–H groups in total. The summed E-state index contributed by atoms with van der Waals surface area (Å²) < 4.78 is 5.90. The van der Waals surface area contributed by atoms with Gasteiger partial charge in [-0.05, 0) is 74.5 Å². The van der Waals surface area contributed by atoms with Crippen LogP contribution in [0.5, 0.6) is 11.5 Å². The van der Waals surface area contributed by atoms with Crippen molar-refractivity contribution in [3.05, 3.63) is 60.2 Å². The normalized spacial score (nSPS) is 15.8. The van der Waals surface area contributed by atoms with E-state index in [9.17, 15) is 0 Å². The first-order valence-corrected chi connectivity index (χ1v) is 7.93. The van der Waals surface area contributed by atoms with Gasteiger partial charge in [0.1, 0.15) is 11.5 Å². The van der Waals surface area contributed by atoms with E-state index in [2.05, 4.69) is 23.5 Å². The maximum Gasteiger partial charge on any atom is 0.127 e. The van der Waals surface area contributed by atoms with Crippen LogP contribution in [-0.4, -0.2) is 13.1 Å². The molecule has 0 aromatic heterocycles. The summed E-state index contributed by atoms with van der Waals surface area (Å²) in [4.78, 5) is 0. The Morgan fingerprint density at radius 3 is 2.48 bits per heavy atom. The lowest BCUT2D eigenvalue weighted by atomic mass is 9.91. The summed E-state index contributed by atoms with van der Waals surface area (Å²) in [6.07, 6.45) is 5.08. The zero-order valence-electron chi connectivity index (χ0n) is 12.4. The van der Waals surface area contributed by atoms with Gasteiger partial charge in [-0.1, -0.05) is 30.3 Å². The van der Waals surface area contributed by atoms with Crippen molar-refractivity contribution in [1.82, 2.24) is 5.32 Å². The highest BCUT2D eigenvalue weighted by atomic mass is 16.5. The van der Waals surface area contributed by atoms with Crippen molar-refractivity contribution in [2.45, 2.75) is 25.7 Å². The number of piperidine rings is 1. The number of rotatable bonds is 5. The molecule has 1 fully saturated rings. The Bertz CT molecular complexity index is 547. The van der Waals surface area contributed by atoms with Gasteiger partial charge in [0.2, 0.25) is 0 Å². The molecule has 2 nitrogen and oxygen atoms in total. The van der Waals surface area contributed by atoms with Crippen molar-refractivity contribution >= 4 is 0 Å². The monoisotopic (exact) mass is 281 g/mol.